The van der Waals surface area contributed by atoms with E-state index < -0.39 is 6.28 Å². The van der Waals surface area contributed by atoms with Gasteiger partial charge in [0.1, 0.15) is 0 Å². The molecule has 0 saturated carbocycles. The summed E-state index contributed by atoms with van der Waals surface area (Å²) in [7, 11) is 4.86. The smallest absolute Gasteiger partial charge is 0.232 e. The van der Waals surface area contributed by atoms with E-state index in [9.17, 15) is 0 Å². The largest absolute Gasteiger partial charge is 0.513 e. The van der Waals surface area contributed by atoms with Crippen LogP contribution < -0.4 is 0 Å². The van der Waals surface area contributed by atoms with Crippen molar-refractivity contribution in [3.05, 3.63) is 41.4 Å². The summed E-state index contributed by atoms with van der Waals surface area (Å²) in [5, 5.41) is 0. The molecule has 0 aromatic heterocycles. The van der Waals surface area contributed by atoms with Crippen LogP contribution in [0.2, 0.25) is 12.6 Å². The van der Waals surface area contributed by atoms with E-state index in [1.54, 1.807) is 11.0 Å². The third-order valence-corrected chi connectivity index (χ3v) is 5.79. The van der Waals surface area contributed by atoms with Crippen LogP contribution >= 0.6 is 0 Å². The molecule has 0 amide bonds. The molecule has 0 aliphatic carbocycles. The zero-order chi connectivity index (χ0) is 14.1. The number of nitrogens with zero attached hydrogens (tertiary/aromatic N) is 1. The SMILES string of the molecule is CCC1=C(c2ccccc2)C[N+](C)(C)[B-]1(CC)CC. The summed E-state index contributed by atoms with van der Waals surface area (Å²) >= 11 is 0. The molecule has 1 aliphatic rings. The quantitative estimate of drug-likeness (QED) is 0.698. The van der Waals surface area contributed by atoms with Gasteiger partial charge in [0.2, 0.25) is 6.28 Å². The highest BCUT2D eigenvalue weighted by molar-refractivity contribution is 6.81. The average Bonchev–Trinajstić information content (AvgIpc) is 2.66. The second-order valence-electron chi connectivity index (χ2n) is 6.67. The predicted molar refractivity (Wildman–Crippen MR) is 87.3 cm³/mol. The molecular weight excluding hydrogens is 229 g/mol. The molecule has 0 radical (unpaired) electrons. The monoisotopic (exact) mass is 257 g/mol. The molecule has 1 aliphatic heterocycles. The third-order valence-electron chi connectivity index (χ3n) is 5.79. The lowest BCUT2D eigenvalue weighted by Gasteiger charge is -2.52. The Labute approximate surface area is 118 Å². The van der Waals surface area contributed by atoms with Gasteiger partial charge in [-0.25, -0.2) is 0 Å². The second kappa shape index (κ2) is 5.17. The lowest BCUT2D eigenvalue weighted by atomic mass is 9.25. The Kier molecular flexibility index (Phi) is 3.91. The fraction of sp³-hybridized carbons (Fsp3) is 0.529. The maximum atomic E-state index is 2.43. The Morgan fingerprint density at radius 3 is 2.05 bits per heavy atom. The first-order valence-electron chi connectivity index (χ1n) is 7.81. The molecular formula is C17H28BN. The molecule has 19 heavy (non-hydrogen) atoms. The number of hydrogen-bond acceptors (Lipinski definition) is 0. The van der Waals surface area contributed by atoms with Crippen molar-refractivity contribution in [3.8, 4) is 0 Å². The molecule has 0 atom stereocenters. The summed E-state index contributed by atoms with van der Waals surface area (Å²) in [5.74, 6) is 0. The molecule has 0 fully saturated rings. The van der Waals surface area contributed by atoms with Gasteiger partial charge in [-0.05, 0) is 11.1 Å². The van der Waals surface area contributed by atoms with E-state index in [4.69, 9.17) is 0 Å². The molecule has 0 N–H and O–H groups in total. The number of hydrogen-bond donors (Lipinski definition) is 0. The van der Waals surface area contributed by atoms with Crippen LogP contribution in [0, 0.1) is 0 Å². The van der Waals surface area contributed by atoms with Crippen molar-refractivity contribution >= 4 is 11.9 Å². The van der Waals surface area contributed by atoms with Crippen molar-refractivity contribution in [3.63, 3.8) is 0 Å². The van der Waals surface area contributed by atoms with Crippen LogP contribution in [-0.4, -0.2) is 31.3 Å². The van der Waals surface area contributed by atoms with Crippen molar-refractivity contribution in [2.45, 2.75) is 39.8 Å². The summed E-state index contributed by atoms with van der Waals surface area (Å²) in [5.41, 5.74) is 4.81. The van der Waals surface area contributed by atoms with Crippen LogP contribution in [0.15, 0.2) is 35.8 Å². The lowest BCUT2D eigenvalue weighted by molar-refractivity contribution is -0.779. The molecule has 1 aromatic rings. The molecule has 1 aromatic carbocycles. The number of likely N-dealkylation sites (N-methyl/N-ethyl adjacent to an activating group) is 1. The van der Waals surface area contributed by atoms with Gasteiger partial charge in [0, 0.05) is 14.1 Å². The molecule has 104 valence electrons. The maximum Gasteiger partial charge on any atom is 0.232 e. The lowest BCUT2D eigenvalue weighted by Crippen LogP contribution is -2.61. The third kappa shape index (κ3) is 2.06. The molecule has 0 unspecified atom stereocenters. The Hall–Kier alpha value is -1.02. The van der Waals surface area contributed by atoms with E-state index in [1.165, 1.54) is 35.6 Å². The maximum absolute atomic E-state index is 2.43. The van der Waals surface area contributed by atoms with Gasteiger partial charge >= 0.3 is 0 Å². The van der Waals surface area contributed by atoms with Crippen molar-refractivity contribution in [1.29, 1.82) is 0 Å². The van der Waals surface area contributed by atoms with Gasteiger partial charge in [0.15, 0.2) is 0 Å². The number of allylic oxidation sites excluding steroid dienone is 1. The van der Waals surface area contributed by atoms with Gasteiger partial charge < -0.3 is 4.39 Å². The summed E-state index contributed by atoms with van der Waals surface area (Å²) in [6, 6.07) is 11.0. The number of benzene rings is 1. The minimum Gasteiger partial charge on any atom is -0.513 e. The van der Waals surface area contributed by atoms with E-state index in [2.05, 4.69) is 65.2 Å². The van der Waals surface area contributed by atoms with Crippen molar-refractivity contribution < 1.29 is 4.39 Å². The molecule has 2 heteroatoms. The van der Waals surface area contributed by atoms with Crippen molar-refractivity contribution in [2.24, 2.45) is 0 Å². The summed E-state index contributed by atoms with van der Waals surface area (Å²) in [4.78, 5) is 0. The Morgan fingerprint density at radius 1 is 1.00 bits per heavy atom. The van der Waals surface area contributed by atoms with E-state index in [-0.39, 0.29) is 0 Å². The molecule has 2 rings (SSSR count). The highest BCUT2D eigenvalue weighted by Crippen LogP contribution is 2.45. The predicted octanol–water partition coefficient (Wildman–Crippen LogP) is 4.46. The van der Waals surface area contributed by atoms with Crippen LogP contribution in [0.4, 0.5) is 0 Å². The molecule has 1 heterocycles. The van der Waals surface area contributed by atoms with Crippen molar-refractivity contribution in [2.75, 3.05) is 20.6 Å². The van der Waals surface area contributed by atoms with Gasteiger partial charge in [0.25, 0.3) is 0 Å². The van der Waals surface area contributed by atoms with Crippen LogP contribution in [0.25, 0.3) is 5.57 Å². The van der Waals surface area contributed by atoms with Crippen molar-refractivity contribution in [1.82, 2.24) is 0 Å². The minimum absolute atomic E-state index is 0.431. The summed E-state index contributed by atoms with van der Waals surface area (Å²) in [6.45, 7) is 8.29. The molecule has 0 saturated heterocycles. The van der Waals surface area contributed by atoms with Gasteiger partial charge in [-0.1, -0.05) is 57.5 Å². The highest BCUT2D eigenvalue weighted by atomic mass is 15.3. The fourth-order valence-electron chi connectivity index (χ4n) is 4.71. The zero-order valence-electron chi connectivity index (χ0n) is 13.2. The summed E-state index contributed by atoms with van der Waals surface area (Å²) < 4.78 is 1.17. The molecule has 1 nitrogen and oxygen atoms in total. The Balaban J connectivity index is 2.59. The summed E-state index contributed by atoms with van der Waals surface area (Å²) in [6.07, 6.45) is 3.36. The molecule has 0 spiro atoms. The Morgan fingerprint density at radius 2 is 1.58 bits per heavy atom. The highest BCUT2D eigenvalue weighted by Gasteiger charge is 2.47. The van der Waals surface area contributed by atoms with Crippen LogP contribution in [-0.2, 0) is 0 Å². The van der Waals surface area contributed by atoms with Gasteiger partial charge in [-0.3, -0.25) is 0 Å². The fourth-order valence-corrected chi connectivity index (χ4v) is 4.71. The van der Waals surface area contributed by atoms with E-state index in [0.29, 0.717) is 0 Å². The zero-order valence-corrected chi connectivity index (χ0v) is 13.2. The van der Waals surface area contributed by atoms with E-state index in [0.717, 1.165) is 0 Å². The minimum atomic E-state index is -0.431. The first-order valence-corrected chi connectivity index (χ1v) is 7.81. The first kappa shape index (κ1) is 14.4. The van der Waals surface area contributed by atoms with Gasteiger partial charge in [-0.2, -0.15) is 5.47 Å². The average molecular weight is 257 g/mol. The van der Waals surface area contributed by atoms with Crippen LogP contribution in [0.5, 0.6) is 0 Å². The van der Waals surface area contributed by atoms with Gasteiger partial charge in [0.05, 0.1) is 6.54 Å². The van der Waals surface area contributed by atoms with Crippen LogP contribution in [0.3, 0.4) is 0 Å². The normalized spacial score (nSPS) is 20.9. The van der Waals surface area contributed by atoms with Gasteiger partial charge in [-0.15, -0.1) is 12.6 Å². The standard InChI is InChI=1S/C17H28BN/c1-6-17-16(15-12-10-9-11-13-15)14-19(4,5)18(17,7-2)8-3/h9-13H,6-8,14H2,1-5H3. The number of rotatable bonds is 4. The number of quaternary nitrogens is 1. The first-order chi connectivity index (χ1) is 9.02. The Bertz CT molecular complexity index is 469. The van der Waals surface area contributed by atoms with Crippen LogP contribution in [0.1, 0.15) is 32.8 Å². The van der Waals surface area contributed by atoms with E-state index in [1.807, 2.05) is 0 Å². The second-order valence-corrected chi connectivity index (χ2v) is 6.67. The van der Waals surface area contributed by atoms with E-state index >= 15 is 0 Å². The topological polar surface area (TPSA) is 0 Å². The molecule has 0 bridgehead atoms.